The predicted molar refractivity (Wildman–Crippen MR) is 69.9 cm³/mol. The second-order valence-electron chi connectivity index (χ2n) is 3.64. The molecule has 98 valence electrons. The Kier molecular flexibility index (Phi) is 4.48. The molecule has 0 aliphatic heterocycles. The molecule has 19 heavy (non-hydrogen) atoms. The lowest BCUT2D eigenvalue weighted by molar-refractivity contribution is 0.0592. The zero-order chi connectivity index (χ0) is 13.7. The van der Waals surface area contributed by atoms with E-state index in [-0.39, 0.29) is 12.3 Å². The SMILES string of the molecule is COC(=O)c1cncc(Sc2ccc(CO)cc2)n1. The fourth-order valence-electron chi connectivity index (χ4n) is 1.38. The number of benzene rings is 1. The summed E-state index contributed by atoms with van der Waals surface area (Å²) < 4.78 is 4.59. The van der Waals surface area contributed by atoms with Crippen molar-refractivity contribution in [3.05, 3.63) is 47.9 Å². The monoisotopic (exact) mass is 276 g/mol. The Hall–Kier alpha value is -1.92. The second-order valence-corrected chi connectivity index (χ2v) is 4.73. The molecule has 0 aliphatic carbocycles. The highest BCUT2D eigenvalue weighted by Crippen LogP contribution is 2.25. The standard InChI is InChI=1S/C13H12N2O3S/c1-18-13(17)11-6-14-7-12(15-11)19-10-4-2-9(8-16)3-5-10/h2-7,16H,8H2,1H3. The van der Waals surface area contributed by atoms with E-state index < -0.39 is 5.97 Å². The van der Waals surface area contributed by atoms with Crippen molar-refractivity contribution in [2.45, 2.75) is 16.5 Å². The fraction of sp³-hybridized carbons (Fsp3) is 0.154. The van der Waals surface area contributed by atoms with Gasteiger partial charge in [-0.3, -0.25) is 4.98 Å². The van der Waals surface area contributed by atoms with E-state index >= 15 is 0 Å². The largest absolute Gasteiger partial charge is 0.464 e. The Bertz CT molecular complexity index is 572. The molecular formula is C13H12N2O3S. The van der Waals surface area contributed by atoms with Crippen molar-refractivity contribution >= 4 is 17.7 Å². The molecule has 5 nitrogen and oxygen atoms in total. The Balaban J connectivity index is 2.16. The average molecular weight is 276 g/mol. The third-order valence-corrected chi connectivity index (χ3v) is 3.25. The van der Waals surface area contributed by atoms with E-state index in [1.165, 1.54) is 25.1 Å². The summed E-state index contributed by atoms with van der Waals surface area (Å²) in [6, 6.07) is 7.42. The van der Waals surface area contributed by atoms with Gasteiger partial charge >= 0.3 is 5.97 Å². The number of methoxy groups -OCH3 is 1. The van der Waals surface area contributed by atoms with Gasteiger partial charge in [-0.05, 0) is 17.7 Å². The van der Waals surface area contributed by atoms with Gasteiger partial charge in [-0.2, -0.15) is 0 Å². The highest BCUT2D eigenvalue weighted by atomic mass is 32.2. The minimum Gasteiger partial charge on any atom is -0.464 e. The Labute approximate surface area is 114 Å². The first-order valence-corrected chi connectivity index (χ1v) is 6.32. The number of nitrogens with zero attached hydrogens (tertiary/aromatic N) is 2. The molecule has 1 N–H and O–H groups in total. The minimum atomic E-state index is -0.509. The highest BCUT2D eigenvalue weighted by molar-refractivity contribution is 7.99. The number of aromatic nitrogens is 2. The molecule has 0 fully saturated rings. The van der Waals surface area contributed by atoms with Crippen molar-refractivity contribution < 1.29 is 14.6 Å². The summed E-state index contributed by atoms with van der Waals surface area (Å²) >= 11 is 1.39. The van der Waals surface area contributed by atoms with Crippen LogP contribution in [0.5, 0.6) is 0 Å². The van der Waals surface area contributed by atoms with Crippen LogP contribution in [0.15, 0.2) is 46.6 Å². The third-order valence-electron chi connectivity index (χ3n) is 2.34. The van der Waals surface area contributed by atoms with Crippen LogP contribution >= 0.6 is 11.8 Å². The van der Waals surface area contributed by atoms with Crippen molar-refractivity contribution in [3.8, 4) is 0 Å². The Morgan fingerprint density at radius 2 is 2.05 bits per heavy atom. The zero-order valence-electron chi connectivity index (χ0n) is 10.2. The Morgan fingerprint density at radius 1 is 1.32 bits per heavy atom. The third kappa shape index (κ3) is 3.52. The summed E-state index contributed by atoms with van der Waals surface area (Å²) in [5.74, 6) is -0.509. The van der Waals surface area contributed by atoms with Gasteiger partial charge in [0.1, 0.15) is 5.03 Å². The molecule has 1 heterocycles. The van der Waals surface area contributed by atoms with E-state index in [0.29, 0.717) is 5.03 Å². The minimum absolute atomic E-state index is 0.0164. The topological polar surface area (TPSA) is 72.3 Å². The quantitative estimate of drug-likeness (QED) is 0.860. The number of rotatable bonds is 4. The number of hydrogen-bond donors (Lipinski definition) is 1. The van der Waals surface area contributed by atoms with E-state index in [2.05, 4.69) is 14.7 Å². The van der Waals surface area contributed by atoms with E-state index in [9.17, 15) is 4.79 Å². The van der Waals surface area contributed by atoms with Gasteiger partial charge in [-0.25, -0.2) is 9.78 Å². The van der Waals surface area contributed by atoms with Crippen LogP contribution in [0.2, 0.25) is 0 Å². The molecule has 0 aliphatic rings. The number of aliphatic hydroxyl groups is 1. The molecule has 0 unspecified atom stereocenters. The molecule has 2 rings (SSSR count). The van der Waals surface area contributed by atoms with Gasteiger partial charge in [0.15, 0.2) is 5.69 Å². The number of ether oxygens (including phenoxy) is 1. The zero-order valence-corrected chi connectivity index (χ0v) is 11.1. The summed E-state index contributed by atoms with van der Waals surface area (Å²) in [5.41, 5.74) is 1.03. The van der Waals surface area contributed by atoms with Crippen LogP contribution in [0.4, 0.5) is 0 Å². The maximum Gasteiger partial charge on any atom is 0.358 e. The summed E-state index contributed by atoms with van der Waals surface area (Å²) in [7, 11) is 1.30. The van der Waals surface area contributed by atoms with Crippen LogP contribution in [-0.2, 0) is 11.3 Å². The summed E-state index contributed by atoms with van der Waals surface area (Å²) in [6.07, 6.45) is 2.95. The maximum absolute atomic E-state index is 11.3. The number of aliphatic hydroxyl groups excluding tert-OH is 1. The van der Waals surface area contributed by atoms with E-state index in [1.54, 1.807) is 6.20 Å². The Morgan fingerprint density at radius 3 is 2.68 bits per heavy atom. The number of carbonyl (C=O) groups is 1. The predicted octanol–water partition coefficient (Wildman–Crippen LogP) is 1.91. The summed E-state index contributed by atoms with van der Waals surface area (Å²) in [4.78, 5) is 20.4. The molecule has 0 bridgehead atoms. The molecule has 0 atom stereocenters. The van der Waals surface area contributed by atoms with Gasteiger partial charge in [0.2, 0.25) is 0 Å². The van der Waals surface area contributed by atoms with Crippen LogP contribution in [0.25, 0.3) is 0 Å². The van der Waals surface area contributed by atoms with Crippen LogP contribution in [-0.4, -0.2) is 28.2 Å². The smallest absolute Gasteiger partial charge is 0.358 e. The molecule has 0 radical (unpaired) electrons. The van der Waals surface area contributed by atoms with Gasteiger partial charge < -0.3 is 9.84 Å². The van der Waals surface area contributed by atoms with Crippen LogP contribution < -0.4 is 0 Å². The molecule has 2 aromatic rings. The van der Waals surface area contributed by atoms with E-state index in [0.717, 1.165) is 10.5 Å². The van der Waals surface area contributed by atoms with Crippen LogP contribution in [0.1, 0.15) is 16.1 Å². The van der Waals surface area contributed by atoms with Crippen molar-refractivity contribution in [1.29, 1.82) is 0 Å². The van der Waals surface area contributed by atoms with Gasteiger partial charge in [0.05, 0.1) is 26.1 Å². The molecule has 1 aromatic heterocycles. The molecule has 0 amide bonds. The first-order chi connectivity index (χ1) is 9.22. The summed E-state index contributed by atoms with van der Waals surface area (Å²) in [5, 5.41) is 9.57. The number of hydrogen-bond acceptors (Lipinski definition) is 6. The lowest BCUT2D eigenvalue weighted by Gasteiger charge is -2.03. The van der Waals surface area contributed by atoms with Crippen molar-refractivity contribution in [1.82, 2.24) is 9.97 Å². The highest BCUT2D eigenvalue weighted by Gasteiger charge is 2.09. The molecule has 0 spiro atoms. The lowest BCUT2D eigenvalue weighted by Crippen LogP contribution is -2.05. The van der Waals surface area contributed by atoms with Crippen LogP contribution in [0.3, 0.4) is 0 Å². The van der Waals surface area contributed by atoms with Crippen molar-refractivity contribution in [2.24, 2.45) is 0 Å². The fourth-order valence-corrected chi connectivity index (χ4v) is 2.16. The van der Waals surface area contributed by atoms with Gasteiger partial charge in [0.25, 0.3) is 0 Å². The van der Waals surface area contributed by atoms with Gasteiger partial charge in [-0.1, -0.05) is 23.9 Å². The number of esters is 1. The van der Waals surface area contributed by atoms with Crippen molar-refractivity contribution in [2.75, 3.05) is 7.11 Å². The molecule has 1 aromatic carbocycles. The van der Waals surface area contributed by atoms with Gasteiger partial charge in [-0.15, -0.1) is 0 Å². The molecular weight excluding hydrogens is 264 g/mol. The first-order valence-electron chi connectivity index (χ1n) is 5.51. The molecule has 0 saturated carbocycles. The lowest BCUT2D eigenvalue weighted by atomic mass is 10.2. The summed E-state index contributed by atoms with van der Waals surface area (Å²) in [6.45, 7) is 0.0164. The van der Waals surface area contributed by atoms with Crippen molar-refractivity contribution in [3.63, 3.8) is 0 Å². The van der Waals surface area contributed by atoms with E-state index in [4.69, 9.17) is 5.11 Å². The van der Waals surface area contributed by atoms with E-state index in [1.807, 2.05) is 24.3 Å². The molecule has 6 heteroatoms. The average Bonchev–Trinajstić information content (AvgIpc) is 2.47. The maximum atomic E-state index is 11.3. The second kappa shape index (κ2) is 6.31. The molecule has 0 saturated heterocycles. The number of carbonyl (C=O) groups excluding carboxylic acids is 1. The van der Waals surface area contributed by atoms with Crippen LogP contribution in [0, 0.1) is 0 Å². The first kappa shape index (κ1) is 13.5. The van der Waals surface area contributed by atoms with Gasteiger partial charge in [0, 0.05) is 4.90 Å². The normalized spacial score (nSPS) is 10.2.